The maximum atomic E-state index is 5.71. The molecular formula is C24H42IN5O3. The Labute approximate surface area is 216 Å². The van der Waals surface area contributed by atoms with Crippen molar-refractivity contribution in [2.24, 2.45) is 10.9 Å². The highest BCUT2D eigenvalue weighted by atomic mass is 127. The number of nitrogens with zero attached hydrogens (tertiary/aromatic N) is 4. The van der Waals surface area contributed by atoms with E-state index in [0.29, 0.717) is 19.1 Å². The lowest BCUT2D eigenvalue weighted by Crippen LogP contribution is -2.47. The van der Waals surface area contributed by atoms with Gasteiger partial charge in [-0.05, 0) is 43.7 Å². The Kier molecular flexibility index (Phi) is 13.2. The second kappa shape index (κ2) is 15.6. The molecule has 0 radical (unpaired) electrons. The smallest absolute Gasteiger partial charge is 0.193 e. The lowest BCUT2D eigenvalue weighted by molar-refractivity contribution is 0.0536. The number of nitrogens with one attached hydrogen (secondary N) is 1. The number of piperazine rings is 1. The fourth-order valence-corrected chi connectivity index (χ4v) is 4.41. The van der Waals surface area contributed by atoms with E-state index in [9.17, 15) is 0 Å². The van der Waals surface area contributed by atoms with Gasteiger partial charge in [0, 0.05) is 71.6 Å². The quantitative estimate of drug-likeness (QED) is 0.188. The standard InChI is InChI=1S/C24H41N5O3.HI/c1-25-24(29-12-9-21(19-29)20-32-18-17-30-2)26-10-4-11-27-13-15-28(16-14-27)22-5-7-23(31-3)8-6-22;/h5-8,21H,4,9-20H2,1-3H3,(H,25,26);1H. The Morgan fingerprint density at radius 3 is 2.48 bits per heavy atom. The molecule has 33 heavy (non-hydrogen) atoms. The molecule has 0 bridgehead atoms. The van der Waals surface area contributed by atoms with Gasteiger partial charge in [-0.3, -0.25) is 9.89 Å². The van der Waals surface area contributed by atoms with Gasteiger partial charge in [0.2, 0.25) is 0 Å². The van der Waals surface area contributed by atoms with Crippen molar-refractivity contribution in [3.05, 3.63) is 24.3 Å². The van der Waals surface area contributed by atoms with Crippen molar-refractivity contribution in [3.8, 4) is 5.75 Å². The molecule has 2 aliphatic heterocycles. The van der Waals surface area contributed by atoms with Gasteiger partial charge in [-0.25, -0.2) is 0 Å². The number of benzene rings is 1. The molecule has 8 nitrogen and oxygen atoms in total. The van der Waals surface area contributed by atoms with Gasteiger partial charge in [0.15, 0.2) is 5.96 Å². The summed E-state index contributed by atoms with van der Waals surface area (Å²) in [5.41, 5.74) is 1.28. The molecule has 0 amide bonds. The largest absolute Gasteiger partial charge is 0.497 e. The van der Waals surface area contributed by atoms with Crippen LogP contribution in [0.5, 0.6) is 5.75 Å². The van der Waals surface area contributed by atoms with Gasteiger partial charge in [-0.15, -0.1) is 24.0 Å². The molecule has 1 aromatic carbocycles. The summed E-state index contributed by atoms with van der Waals surface area (Å²) in [5, 5.41) is 3.56. The summed E-state index contributed by atoms with van der Waals surface area (Å²) in [5.74, 6) is 2.51. The van der Waals surface area contributed by atoms with Crippen molar-refractivity contribution in [3.63, 3.8) is 0 Å². The van der Waals surface area contributed by atoms with Crippen molar-refractivity contribution >= 4 is 35.6 Å². The van der Waals surface area contributed by atoms with Crippen LogP contribution in [0.4, 0.5) is 5.69 Å². The van der Waals surface area contributed by atoms with E-state index in [2.05, 4.69) is 37.1 Å². The first-order valence-electron chi connectivity index (χ1n) is 11.9. The van der Waals surface area contributed by atoms with Crippen molar-refractivity contribution in [1.82, 2.24) is 15.1 Å². The van der Waals surface area contributed by atoms with E-state index >= 15 is 0 Å². The van der Waals surface area contributed by atoms with Gasteiger partial charge in [-0.1, -0.05) is 0 Å². The van der Waals surface area contributed by atoms with Crippen LogP contribution in [0.25, 0.3) is 0 Å². The molecule has 1 aromatic rings. The number of hydrogen-bond donors (Lipinski definition) is 1. The third kappa shape index (κ3) is 9.11. The molecule has 2 fully saturated rings. The number of rotatable bonds is 11. The van der Waals surface area contributed by atoms with Crippen molar-refractivity contribution in [2.75, 3.05) is 98.3 Å². The number of aliphatic imine (C=N–C) groups is 1. The highest BCUT2D eigenvalue weighted by Gasteiger charge is 2.25. The topological polar surface area (TPSA) is 61.8 Å². The Morgan fingerprint density at radius 2 is 1.82 bits per heavy atom. The fraction of sp³-hybridized carbons (Fsp3) is 0.708. The summed E-state index contributed by atoms with van der Waals surface area (Å²) in [6.45, 7) is 10.6. The van der Waals surface area contributed by atoms with Crippen LogP contribution in [-0.2, 0) is 9.47 Å². The molecular weight excluding hydrogens is 533 g/mol. The van der Waals surface area contributed by atoms with Gasteiger partial charge in [0.1, 0.15) is 5.75 Å². The van der Waals surface area contributed by atoms with Crippen molar-refractivity contribution in [1.29, 1.82) is 0 Å². The highest BCUT2D eigenvalue weighted by molar-refractivity contribution is 14.0. The molecule has 2 aliphatic rings. The van der Waals surface area contributed by atoms with Crippen molar-refractivity contribution < 1.29 is 14.2 Å². The minimum absolute atomic E-state index is 0. The van der Waals surface area contributed by atoms with Crippen LogP contribution in [0.1, 0.15) is 12.8 Å². The predicted molar refractivity (Wildman–Crippen MR) is 145 cm³/mol. The molecule has 2 heterocycles. The average molecular weight is 576 g/mol. The normalized spacial score (nSPS) is 19.5. The summed E-state index contributed by atoms with van der Waals surface area (Å²) in [6.07, 6.45) is 2.28. The Morgan fingerprint density at radius 1 is 1.06 bits per heavy atom. The first kappa shape index (κ1) is 27.9. The van der Waals surface area contributed by atoms with E-state index in [1.807, 2.05) is 19.2 Å². The third-order valence-electron chi connectivity index (χ3n) is 6.33. The SMILES string of the molecule is CN=C(NCCCN1CCN(c2ccc(OC)cc2)CC1)N1CCC(COCCOC)C1.I. The molecule has 0 aromatic heterocycles. The molecule has 3 rings (SSSR count). The molecule has 188 valence electrons. The molecule has 0 spiro atoms. The second-order valence-corrected chi connectivity index (χ2v) is 8.52. The number of hydrogen-bond acceptors (Lipinski definition) is 6. The Bertz CT molecular complexity index is 683. The number of halogens is 1. The van der Waals surface area contributed by atoms with E-state index in [1.54, 1.807) is 14.2 Å². The lowest BCUT2D eigenvalue weighted by atomic mass is 10.1. The van der Waals surface area contributed by atoms with Gasteiger partial charge in [-0.2, -0.15) is 0 Å². The first-order chi connectivity index (χ1) is 15.7. The highest BCUT2D eigenvalue weighted by Crippen LogP contribution is 2.20. The minimum atomic E-state index is 0. The summed E-state index contributed by atoms with van der Waals surface area (Å²) in [4.78, 5) is 11.9. The predicted octanol–water partition coefficient (Wildman–Crippen LogP) is 2.39. The Balaban J connectivity index is 0.00000385. The van der Waals surface area contributed by atoms with Crippen LogP contribution in [0.15, 0.2) is 29.3 Å². The number of ether oxygens (including phenoxy) is 3. The summed E-state index contributed by atoms with van der Waals surface area (Å²) in [7, 11) is 5.29. The maximum absolute atomic E-state index is 5.71. The fourth-order valence-electron chi connectivity index (χ4n) is 4.41. The molecule has 1 atom stereocenters. The monoisotopic (exact) mass is 575 g/mol. The number of guanidine groups is 1. The molecule has 0 saturated carbocycles. The van der Waals surface area contributed by atoms with E-state index < -0.39 is 0 Å². The van der Waals surface area contributed by atoms with Gasteiger partial charge in [0.25, 0.3) is 0 Å². The summed E-state index contributed by atoms with van der Waals surface area (Å²) >= 11 is 0. The minimum Gasteiger partial charge on any atom is -0.497 e. The van der Waals surface area contributed by atoms with E-state index in [4.69, 9.17) is 14.2 Å². The van der Waals surface area contributed by atoms with Crippen molar-refractivity contribution in [2.45, 2.75) is 12.8 Å². The van der Waals surface area contributed by atoms with Crippen LogP contribution in [0.3, 0.4) is 0 Å². The first-order valence-corrected chi connectivity index (χ1v) is 11.9. The number of likely N-dealkylation sites (tertiary alicyclic amines) is 1. The van der Waals surface area contributed by atoms with Gasteiger partial charge >= 0.3 is 0 Å². The number of anilines is 1. The average Bonchev–Trinajstić information content (AvgIpc) is 3.31. The van der Waals surface area contributed by atoms with Crippen LogP contribution < -0.4 is 15.0 Å². The van der Waals surface area contributed by atoms with Gasteiger partial charge in [0.05, 0.1) is 26.9 Å². The zero-order valence-electron chi connectivity index (χ0n) is 20.5. The lowest BCUT2D eigenvalue weighted by Gasteiger charge is -2.36. The van der Waals surface area contributed by atoms with Gasteiger partial charge < -0.3 is 29.3 Å². The summed E-state index contributed by atoms with van der Waals surface area (Å²) < 4.78 is 16.0. The van der Waals surface area contributed by atoms with Crippen LogP contribution in [-0.4, -0.2) is 109 Å². The molecule has 1 N–H and O–H groups in total. The van der Waals surface area contributed by atoms with Crippen LogP contribution in [0.2, 0.25) is 0 Å². The van der Waals surface area contributed by atoms with Crippen LogP contribution >= 0.6 is 24.0 Å². The van der Waals surface area contributed by atoms with Crippen LogP contribution in [0, 0.1) is 5.92 Å². The zero-order valence-corrected chi connectivity index (χ0v) is 22.8. The summed E-state index contributed by atoms with van der Waals surface area (Å²) in [6, 6.07) is 8.38. The Hall–Kier alpha value is -1.30. The molecule has 2 saturated heterocycles. The van der Waals surface area contributed by atoms with E-state index in [0.717, 1.165) is 83.5 Å². The third-order valence-corrected chi connectivity index (χ3v) is 6.33. The molecule has 0 aliphatic carbocycles. The maximum Gasteiger partial charge on any atom is 0.193 e. The molecule has 9 heteroatoms. The second-order valence-electron chi connectivity index (χ2n) is 8.52. The zero-order chi connectivity index (χ0) is 22.6. The van der Waals surface area contributed by atoms with E-state index in [1.165, 1.54) is 5.69 Å². The van der Waals surface area contributed by atoms with E-state index in [-0.39, 0.29) is 24.0 Å². The number of methoxy groups -OCH3 is 2. The molecule has 1 unspecified atom stereocenters.